The van der Waals surface area contributed by atoms with Crippen LogP contribution in [0.25, 0.3) is 0 Å². The van der Waals surface area contributed by atoms with Crippen LogP contribution in [-0.2, 0) is 12.7 Å². The Morgan fingerprint density at radius 3 is 2.53 bits per heavy atom. The van der Waals surface area contributed by atoms with Gasteiger partial charge in [-0.05, 0) is 40.2 Å². The molecule has 102 valence electrons. The summed E-state index contributed by atoms with van der Waals surface area (Å²) in [6, 6.07) is 5.22. The first-order chi connectivity index (χ1) is 8.86. The van der Waals surface area contributed by atoms with E-state index in [1.807, 2.05) is 11.4 Å². The Balaban J connectivity index is 2.09. The zero-order chi connectivity index (χ0) is 14.0. The zero-order valence-corrected chi connectivity index (χ0v) is 12.6. The van der Waals surface area contributed by atoms with Crippen molar-refractivity contribution in [1.82, 2.24) is 0 Å². The largest absolute Gasteiger partial charge is 0.416 e. The Labute approximate surface area is 125 Å². The molecule has 0 radical (unpaired) electrons. The smallest absolute Gasteiger partial charge is 0.379 e. The Morgan fingerprint density at radius 2 is 2.00 bits per heavy atom. The number of rotatable bonds is 3. The lowest BCUT2D eigenvalue weighted by molar-refractivity contribution is -0.137. The fourth-order valence-electron chi connectivity index (χ4n) is 1.46. The van der Waals surface area contributed by atoms with Gasteiger partial charge in [0.15, 0.2) is 0 Å². The highest BCUT2D eigenvalue weighted by Crippen LogP contribution is 2.34. The maximum Gasteiger partial charge on any atom is 0.416 e. The molecule has 0 aliphatic rings. The third-order valence-electron chi connectivity index (χ3n) is 2.37. The van der Waals surface area contributed by atoms with E-state index in [9.17, 15) is 13.2 Å². The Morgan fingerprint density at radius 1 is 1.26 bits per heavy atom. The molecule has 2 rings (SSSR count). The third-order valence-corrected chi connectivity index (χ3v) is 4.38. The van der Waals surface area contributed by atoms with Crippen molar-refractivity contribution < 1.29 is 13.2 Å². The van der Waals surface area contributed by atoms with E-state index in [4.69, 9.17) is 11.6 Å². The molecule has 2 aromatic rings. The van der Waals surface area contributed by atoms with Gasteiger partial charge < -0.3 is 5.32 Å². The van der Waals surface area contributed by atoms with Crippen LogP contribution in [0.1, 0.15) is 10.4 Å². The summed E-state index contributed by atoms with van der Waals surface area (Å²) in [5, 5.41) is 5.01. The maximum atomic E-state index is 12.5. The summed E-state index contributed by atoms with van der Waals surface area (Å²) >= 11 is 10.7. The molecule has 1 N–H and O–H groups in total. The number of benzene rings is 1. The van der Waals surface area contributed by atoms with Gasteiger partial charge >= 0.3 is 6.18 Å². The highest BCUT2D eigenvalue weighted by atomic mass is 79.9. The van der Waals surface area contributed by atoms with Gasteiger partial charge in [-0.2, -0.15) is 13.2 Å². The van der Waals surface area contributed by atoms with Crippen molar-refractivity contribution in [2.45, 2.75) is 12.7 Å². The normalized spacial score (nSPS) is 11.6. The van der Waals surface area contributed by atoms with E-state index in [1.165, 1.54) is 6.07 Å². The summed E-state index contributed by atoms with van der Waals surface area (Å²) < 4.78 is 38.4. The summed E-state index contributed by atoms with van der Waals surface area (Å²) in [7, 11) is 0. The van der Waals surface area contributed by atoms with Crippen molar-refractivity contribution in [3.63, 3.8) is 0 Å². The van der Waals surface area contributed by atoms with E-state index in [1.54, 1.807) is 11.3 Å². The molecule has 0 amide bonds. The predicted octanol–water partition coefficient (Wildman–Crippen LogP) is 5.79. The second-order valence-electron chi connectivity index (χ2n) is 3.78. The van der Waals surface area contributed by atoms with Gasteiger partial charge in [-0.3, -0.25) is 0 Å². The summed E-state index contributed by atoms with van der Waals surface area (Å²) in [5.41, 5.74) is -0.263. The second-order valence-corrected chi connectivity index (χ2v) is 6.10. The molecule has 0 unspecified atom stereocenters. The first-order valence-corrected chi connectivity index (χ1v) is 7.25. The fraction of sp³-hybridized carbons (Fsp3) is 0.167. The first-order valence-electron chi connectivity index (χ1n) is 5.20. The van der Waals surface area contributed by atoms with E-state index in [-0.39, 0.29) is 5.02 Å². The quantitative estimate of drug-likeness (QED) is 0.720. The van der Waals surface area contributed by atoms with Crippen molar-refractivity contribution >= 4 is 44.6 Å². The van der Waals surface area contributed by atoms with Gasteiger partial charge in [0, 0.05) is 21.3 Å². The maximum absolute atomic E-state index is 12.5. The van der Waals surface area contributed by atoms with Crippen LogP contribution in [0.15, 0.2) is 34.1 Å². The molecule has 0 bridgehead atoms. The van der Waals surface area contributed by atoms with E-state index >= 15 is 0 Å². The number of hydrogen-bond donors (Lipinski definition) is 1. The Hall–Kier alpha value is -0.720. The average Bonchev–Trinajstić information content (AvgIpc) is 2.72. The highest BCUT2D eigenvalue weighted by molar-refractivity contribution is 9.10. The van der Waals surface area contributed by atoms with E-state index in [0.29, 0.717) is 12.2 Å². The van der Waals surface area contributed by atoms with Gasteiger partial charge in [-0.15, -0.1) is 11.3 Å². The van der Waals surface area contributed by atoms with Crippen LogP contribution >= 0.6 is 38.9 Å². The molecule has 0 atom stereocenters. The van der Waals surface area contributed by atoms with Gasteiger partial charge in [0.2, 0.25) is 0 Å². The monoisotopic (exact) mass is 369 g/mol. The van der Waals surface area contributed by atoms with E-state index in [2.05, 4.69) is 21.2 Å². The molecule has 0 aliphatic carbocycles. The standard InChI is InChI=1S/C12H8BrClF3NS/c13-8-4-9(19-6-8)5-18-11-2-1-7(3-10(11)14)12(15,16)17/h1-4,6,18H,5H2. The lowest BCUT2D eigenvalue weighted by Crippen LogP contribution is -2.05. The molecule has 1 aromatic carbocycles. The lowest BCUT2D eigenvalue weighted by Gasteiger charge is -2.11. The molecule has 1 heterocycles. The zero-order valence-electron chi connectivity index (χ0n) is 9.39. The molecular formula is C12H8BrClF3NS. The molecule has 0 saturated heterocycles. The summed E-state index contributed by atoms with van der Waals surface area (Å²) in [6.07, 6.45) is -4.37. The predicted molar refractivity (Wildman–Crippen MR) is 75.8 cm³/mol. The Kier molecular flexibility index (Phi) is 4.43. The number of halogens is 5. The molecule has 0 spiro atoms. The highest BCUT2D eigenvalue weighted by Gasteiger charge is 2.30. The number of anilines is 1. The van der Waals surface area contributed by atoms with Crippen LogP contribution in [0, 0.1) is 0 Å². The van der Waals surface area contributed by atoms with Gasteiger partial charge in [-0.1, -0.05) is 11.6 Å². The van der Waals surface area contributed by atoms with Crippen molar-refractivity contribution in [3.8, 4) is 0 Å². The molecule has 1 aromatic heterocycles. The number of thiophene rings is 1. The topological polar surface area (TPSA) is 12.0 Å². The van der Waals surface area contributed by atoms with Crippen molar-refractivity contribution in [1.29, 1.82) is 0 Å². The minimum atomic E-state index is -4.37. The fourth-order valence-corrected chi connectivity index (χ4v) is 3.10. The molecule has 7 heteroatoms. The van der Waals surface area contributed by atoms with Crippen LogP contribution in [0.4, 0.5) is 18.9 Å². The molecular weight excluding hydrogens is 363 g/mol. The van der Waals surface area contributed by atoms with Crippen LogP contribution in [-0.4, -0.2) is 0 Å². The SMILES string of the molecule is FC(F)(F)c1ccc(NCc2cc(Br)cs2)c(Cl)c1. The molecule has 0 aliphatic heterocycles. The van der Waals surface area contributed by atoms with Crippen molar-refractivity contribution in [2.24, 2.45) is 0 Å². The first kappa shape index (κ1) is 14.7. The summed E-state index contributed by atoms with van der Waals surface area (Å²) in [4.78, 5) is 1.06. The van der Waals surface area contributed by atoms with Crippen molar-refractivity contribution in [2.75, 3.05) is 5.32 Å². The minimum Gasteiger partial charge on any atom is -0.379 e. The van der Waals surface area contributed by atoms with Gasteiger partial charge in [0.25, 0.3) is 0 Å². The lowest BCUT2D eigenvalue weighted by atomic mass is 10.2. The second kappa shape index (κ2) is 5.73. The number of alkyl halides is 3. The van der Waals surface area contributed by atoms with E-state index < -0.39 is 11.7 Å². The van der Waals surface area contributed by atoms with Crippen molar-refractivity contribution in [3.05, 3.63) is 49.6 Å². The van der Waals surface area contributed by atoms with Crippen LogP contribution in [0.5, 0.6) is 0 Å². The number of nitrogens with one attached hydrogen (secondary N) is 1. The van der Waals surface area contributed by atoms with Gasteiger partial charge in [0.05, 0.1) is 16.3 Å². The third kappa shape index (κ3) is 3.87. The average molecular weight is 371 g/mol. The van der Waals surface area contributed by atoms with Crippen LogP contribution < -0.4 is 5.32 Å². The van der Waals surface area contributed by atoms with Gasteiger partial charge in [-0.25, -0.2) is 0 Å². The van der Waals surface area contributed by atoms with E-state index in [0.717, 1.165) is 21.5 Å². The molecule has 0 saturated carbocycles. The van der Waals surface area contributed by atoms with Crippen LogP contribution in [0.3, 0.4) is 0 Å². The molecule has 19 heavy (non-hydrogen) atoms. The summed E-state index contributed by atoms with van der Waals surface area (Å²) in [5.74, 6) is 0. The molecule has 1 nitrogen and oxygen atoms in total. The van der Waals surface area contributed by atoms with Gasteiger partial charge in [0.1, 0.15) is 0 Å². The Bertz CT molecular complexity index is 583. The summed E-state index contributed by atoms with van der Waals surface area (Å²) in [6.45, 7) is 0.515. The number of hydrogen-bond acceptors (Lipinski definition) is 2. The van der Waals surface area contributed by atoms with Crippen LogP contribution in [0.2, 0.25) is 5.02 Å². The minimum absolute atomic E-state index is 0.0606. The molecule has 0 fully saturated rings.